The van der Waals surface area contributed by atoms with Crippen molar-refractivity contribution in [1.29, 1.82) is 0 Å². The molecule has 1 aromatic carbocycles. The molecular formula is C12H15O3. The number of rotatable bonds is 4. The van der Waals surface area contributed by atoms with E-state index in [-0.39, 0.29) is 0 Å². The van der Waals surface area contributed by atoms with Crippen molar-refractivity contribution < 1.29 is 14.6 Å². The lowest BCUT2D eigenvalue weighted by Crippen LogP contribution is -2.07. The molecule has 0 aliphatic carbocycles. The van der Waals surface area contributed by atoms with Crippen LogP contribution in [0.2, 0.25) is 0 Å². The summed E-state index contributed by atoms with van der Waals surface area (Å²) in [5, 5.41) is 0. The Kier molecular flexibility index (Phi) is 4.31. The molecule has 0 saturated heterocycles. The predicted octanol–water partition coefficient (Wildman–Crippen LogP) is 2.62. The van der Waals surface area contributed by atoms with Gasteiger partial charge in [0, 0.05) is 0 Å². The van der Waals surface area contributed by atoms with Gasteiger partial charge in [0.05, 0.1) is 12.2 Å². The minimum absolute atomic E-state index is 0.316. The largest absolute Gasteiger partial charge is 0.373 e. The van der Waals surface area contributed by atoms with Crippen molar-refractivity contribution in [2.75, 3.05) is 6.61 Å². The maximum Gasteiger partial charge on any atom is 0.373 e. The molecule has 0 fully saturated rings. The minimum Gasteiger partial charge on any atom is -0.293 e. The normalized spacial score (nSPS) is 10.1. The van der Waals surface area contributed by atoms with E-state index in [2.05, 4.69) is 16.7 Å². The molecule has 0 spiro atoms. The Bertz CT molecular complexity index is 324. The van der Waals surface area contributed by atoms with Gasteiger partial charge in [-0.05, 0) is 32.4 Å². The summed E-state index contributed by atoms with van der Waals surface area (Å²) < 4.78 is 0. The highest BCUT2D eigenvalue weighted by Gasteiger charge is 2.08. The number of carbonyl (C=O) groups excluding carboxylic acids is 1. The summed E-state index contributed by atoms with van der Waals surface area (Å²) >= 11 is 0. The van der Waals surface area contributed by atoms with Gasteiger partial charge in [0.15, 0.2) is 0 Å². The lowest BCUT2D eigenvalue weighted by molar-refractivity contribution is -0.239. The van der Waals surface area contributed by atoms with Gasteiger partial charge in [0.1, 0.15) is 0 Å². The fourth-order valence-electron chi connectivity index (χ4n) is 1.29. The lowest BCUT2D eigenvalue weighted by atomic mass is 10.1. The van der Waals surface area contributed by atoms with E-state index < -0.39 is 5.97 Å². The summed E-state index contributed by atoms with van der Waals surface area (Å²) in [7, 11) is 0. The van der Waals surface area contributed by atoms with E-state index in [0.29, 0.717) is 18.6 Å². The highest BCUT2D eigenvalue weighted by atomic mass is 17.2. The van der Waals surface area contributed by atoms with Crippen LogP contribution in [0.3, 0.4) is 0 Å². The Morgan fingerprint density at radius 2 is 1.87 bits per heavy atom. The summed E-state index contributed by atoms with van der Waals surface area (Å²) in [6.07, 6.45) is 0.570. The van der Waals surface area contributed by atoms with Gasteiger partial charge in [0.2, 0.25) is 0 Å². The van der Waals surface area contributed by atoms with Crippen LogP contribution in [0.25, 0.3) is 0 Å². The third-order valence-corrected chi connectivity index (χ3v) is 1.82. The Balaban J connectivity index is 2.65. The van der Waals surface area contributed by atoms with Crippen LogP contribution in [-0.2, 0) is 9.78 Å². The first-order chi connectivity index (χ1) is 7.13. The maximum absolute atomic E-state index is 11.5. The molecule has 0 bridgehead atoms. The molecule has 0 aliphatic heterocycles. The molecule has 0 heterocycles. The van der Waals surface area contributed by atoms with Gasteiger partial charge in [-0.15, -0.1) is 0 Å². The zero-order valence-electron chi connectivity index (χ0n) is 9.08. The van der Waals surface area contributed by atoms with Crippen molar-refractivity contribution in [3.63, 3.8) is 0 Å². The SMILES string of the molecule is [CH2]CCOOC(=O)c1cc(C)cc(C)c1. The Morgan fingerprint density at radius 1 is 1.27 bits per heavy atom. The van der Waals surface area contributed by atoms with Crippen LogP contribution >= 0.6 is 0 Å². The molecule has 0 saturated carbocycles. The predicted molar refractivity (Wildman–Crippen MR) is 57.3 cm³/mol. The number of aryl methyl sites for hydroxylation is 2. The van der Waals surface area contributed by atoms with Gasteiger partial charge in [-0.2, -0.15) is 4.89 Å². The summed E-state index contributed by atoms with van der Waals surface area (Å²) in [5.74, 6) is -0.463. The number of hydrogen-bond acceptors (Lipinski definition) is 3. The second-order valence-electron chi connectivity index (χ2n) is 3.42. The number of carbonyl (C=O) groups is 1. The topological polar surface area (TPSA) is 35.5 Å². The molecule has 1 rings (SSSR count). The second-order valence-corrected chi connectivity index (χ2v) is 3.42. The van der Waals surface area contributed by atoms with Gasteiger partial charge in [-0.25, -0.2) is 4.79 Å². The molecule has 0 atom stereocenters. The van der Waals surface area contributed by atoms with Crippen LogP contribution in [0.4, 0.5) is 0 Å². The van der Waals surface area contributed by atoms with Crippen molar-refractivity contribution in [1.82, 2.24) is 0 Å². The van der Waals surface area contributed by atoms with Gasteiger partial charge in [-0.1, -0.05) is 24.1 Å². The van der Waals surface area contributed by atoms with Gasteiger partial charge in [-0.3, -0.25) is 4.89 Å². The molecule has 0 aromatic heterocycles. The van der Waals surface area contributed by atoms with Crippen LogP contribution in [0.1, 0.15) is 27.9 Å². The smallest absolute Gasteiger partial charge is 0.293 e. The average Bonchev–Trinajstić information content (AvgIpc) is 2.16. The molecule has 81 valence electrons. The third-order valence-electron chi connectivity index (χ3n) is 1.82. The molecular weight excluding hydrogens is 192 g/mol. The van der Waals surface area contributed by atoms with Crippen molar-refractivity contribution in [2.45, 2.75) is 20.3 Å². The Hall–Kier alpha value is -1.35. The molecule has 0 amide bonds. The number of hydrogen-bond donors (Lipinski definition) is 0. The van der Waals surface area contributed by atoms with E-state index in [1.165, 1.54) is 0 Å². The summed E-state index contributed by atoms with van der Waals surface area (Å²) in [5.41, 5.74) is 2.56. The summed E-state index contributed by atoms with van der Waals surface area (Å²) in [6.45, 7) is 7.75. The standard InChI is InChI=1S/C12H15O3/c1-4-5-14-15-12(13)11-7-9(2)6-10(3)8-11/h6-8H,1,4-5H2,2-3H3. The first-order valence-electron chi connectivity index (χ1n) is 4.85. The van der Waals surface area contributed by atoms with Gasteiger partial charge >= 0.3 is 5.97 Å². The van der Waals surface area contributed by atoms with Gasteiger partial charge in [0.25, 0.3) is 0 Å². The zero-order valence-corrected chi connectivity index (χ0v) is 9.08. The minimum atomic E-state index is -0.463. The Morgan fingerprint density at radius 3 is 2.40 bits per heavy atom. The lowest BCUT2D eigenvalue weighted by Gasteiger charge is -2.04. The molecule has 0 aliphatic rings. The third kappa shape index (κ3) is 3.72. The van der Waals surface area contributed by atoms with E-state index in [4.69, 9.17) is 0 Å². The van der Waals surface area contributed by atoms with Crippen LogP contribution in [0.5, 0.6) is 0 Å². The van der Waals surface area contributed by atoms with E-state index in [0.717, 1.165) is 11.1 Å². The fourth-order valence-corrected chi connectivity index (χ4v) is 1.29. The molecule has 3 heteroatoms. The summed E-state index contributed by atoms with van der Waals surface area (Å²) in [6, 6.07) is 5.53. The van der Waals surface area contributed by atoms with Crippen LogP contribution in [0.15, 0.2) is 18.2 Å². The maximum atomic E-state index is 11.5. The summed E-state index contributed by atoms with van der Waals surface area (Å²) in [4.78, 5) is 20.7. The van der Waals surface area contributed by atoms with Crippen molar-refractivity contribution >= 4 is 5.97 Å². The van der Waals surface area contributed by atoms with Gasteiger partial charge < -0.3 is 0 Å². The highest BCUT2D eigenvalue weighted by Crippen LogP contribution is 2.10. The quantitative estimate of drug-likeness (QED) is 0.432. The first kappa shape index (κ1) is 11.7. The fraction of sp³-hybridized carbons (Fsp3) is 0.333. The molecule has 0 N–H and O–H groups in total. The van der Waals surface area contributed by atoms with E-state index >= 15 is 0 Å². The van der Waals surface area contributed by atoms with Crippen molar-refractivity contribution in [3.8, 4) is 0 Å². The Labute approximate surface area is 89.9 Å². The zero-order chi connectivity index (χ0) is 11.3. The van der Waals surface area contributed by atoms with Crippen LogP contribution < -0.4 is 0 Å². The van der Waals surface area contributed by atoms with E-state index in [1.807, 2.05) is 19.9 Å². The average molecular weight is 207 g/mol. The van der Waals surface area contributed by atoms with Crippen LogP contribution in [0, 0.1) is 20.8 Å². The molecule has 1 radical (unpaired) electrons. The number of benzene rings is 1. The molecule has 0 unspecified atom stereocenters. The van der Waals surface area contributed by atoms with Crippen molar-refractivity contribution in [2.24, 2.45) is 0 Å². The van der Waals surface area contributed by atoms with E-state index in [9.17, 15) is 4.79 Å². The van der Waals surface area contributed by atoms with E-state index in [1.54, 1.807) is 12.1 Å². The first-order valence-corrected chi connectivity index (χ1v) is 4.85. The van der Waals surface area contributed by atoms with Crippen molar-refractivity contribution in [3.05, 3.63) is 41.8 Å². The second kappa shape index (κ2) is 5.51. The molecule has 3 nitrogen and oxygen atoms in total. The highest BCUT2D eigenvalue weighted by molar-refractivity contribution is 5.89. The van der Waals surface area contributed by atoms with Crippen LogP contribution in [-0.4, -0.2) is 12.6 Å². The molecule has 15 heavy (non-hydrogen) atoms. The monoisotopic (exact) mass is 207 g/mol. The molecule has 1 aromatic rings.